The third-order valence-corrected chi connectivity index (χ3v) is 6.99. The Hall–Kier alpha value is -4.58. The minimum absolute atomic E-state index is 0.0823. The topological polar surface area (TPSA) is 78.5 Å². The molecule has 1 amide bonds. The first-order valence-corrected chi connectivity index (χ1v) is 12.2. The number of H-pyrrole nitrogens is 2. The number of para-hydroxylation sites is 3. The largest absolute Gasteiger partial charge is 0.361 e. The Labute approximate surface area is 209 Å². The average Bonchev–Trinajstić information content (AvgIpc) is 3.68. The number of hydrogen-bond donors (Lipinski definition) is 3. The van der Waals surface area contributed by atoms with E-state index in [1.165, 1.54) is 21.9 Å². The molecule has 0 aliphatic carbocycles. The van der Waals surface area contributed by atoms with E-state index in [-0.39, 0.29) is 11.8 Å². The van der Waals surface area contributed by atoms with Crippen LogP contribution in [-0.2, 0) is 11.2 Å². The summed E-state index contributed by atoms with van der Waals surface area (Å²) >= 11 is 0. The number of rotatable bonds is 7. The van der Waals surface area contributed by atoms with Gasteiger partial charge in [0.25, 0.3) is 0 Å². The standard InChI is InChI=1S/C30H27N5O/c1-20(35-16-8-15-33-35)30(36)34-27-12-5-2-9-21(27)17-24(25-18-31-28-13-6-3-10-22(25)28)26-19-32-29-14-7-4-11-23(26)29/h2-16,18-20,24,31-32H,17H2,1H3,(H,34,36). The van der Waals surface area contributed by atoms with E-state index in [1.54, 1.807) is 17.1 Å². The zero-order chi connectivity index (χ0) is 24.5. The second-order valence-corrected chi connectivity index (χ2v) is 9.14. The van der Waals surface area contributed by atoms with E-state index in [4.69, 9.17) is 0 Å². The van der Waals surface area contributed by atoms with Crippen LogP contribution in [0.25, 0.3) is 21.8 Å². The van der Waals surface area contributed by atoms with Gasteiger partial charge in [0.2, 0.25) is 5.91 Å². The van der Waals surface area contributed by atoms with Gasteiger partial charge < -0.3 is 15.3 Å². The molecule has 3 aromatic heterocycles. The van der Waals surface area contributed by atoms with Crippen molar-refractivity contribution in [3.05, 3.63) is 120 Å². The quantitative estimate of drug-likeness (QED) is 0.250. The van der Waals surface area contributed by atoms with Crippen LogP contribution in [0.3, 0.4) is 0 Å². The molecule has 0 fully saturated rings. The van der Waals surface area contributed by atoms with Gasteiger partial charge >= 0.3 is 0 Å². The molecular formula is C30H27N5O. The van der Waals surface area contributed by atoms with Gasteiger partial charge in [0.05, 0.1) is 0 Å². The molecule has 0 spiro atoms. The van der Waals surface area contributed by atoms with E-state index in [0.29, 0.717) is 0 Å². The average molecular weight is 474 g/mol. The summed E-state index contributed by atoms with van der Waals surface area (Å²) in [4.78, 5) is 20.0. The van der Waals surface area contributed by atoms with Crippen molar-refractivity contribution in [1.29, 1.82) is 0 Å². The minimum atomic E-state index is -0.411. The van der Waals surface area contributed by atoms with E-state index in [2.05, 4.69) is 87.4 Å². The fourth-order valence-electron chi connectivity index (χ4n) is 5.06. The summed E-state index contributed by atoms with van der Waals surface area (Å²) in [5.41, 5.74) is 6.62. The van der Waals surface area contributed by atoms with Gasteiger partial charge in [-0.2, -0.15) is 5.10 Å². The molecule has 178 valence electrons. The van der Waals surface area contributed by atoms with Crippen LogP contribution in [0.1, 0.15) is 35.6 Å². The van der Waals surface area contributed by atoms with Crippen LogP contribution < -0.4 is 5.32 Å². The first kappa shape index (κ1) is 21.9. The highest BCUT2D eigenvalue weighted by molar-refractivity contribution is 5.94. The Bertz CT molecular complexity index is 1570. The molecule has 6 nitrogen and oxygen atoms in total. The lowest BCUT2D eigenvalue weighted by Crippen LogP contribution is -2.24. The lowest BCUT2D eigenvalue weighted by atomic mass is 9.85. The van der Waals surface area contributed by atoms with Gasteiger partial charge in [-0.15, -0.1) is 0 Å². The van der Waals surface area contributed by atoms with Crippen molar-refractivity contribution in [3.8, 4) is 0 Å². The molecule has 3 aromatic carbocycles. The number of anilines is 1. The Kier molecular flexibility index (Phi) is 5.62. The number of aromatic amines is 2. The number of carbonyl (C=O) groups excluding carboxylic acids is 1. The molecule has 6 rings (SSSR count). The lowest BCUT2D eigenvalue weighted by Gasteiger charge is -2.20. The summed E-state index contributed by atoms with van der Waals surface area (Å²) in [6, 6.07) is 26.3. The zero-order valence-corrected chi connectivity index (χ0v) is 20.0. The van der Waals surface area contributed by atoms with Crippen LogP contribution in [0.2, 0.25) is 0 Å². The van der Waals surface area contributed by atoms with Crippen molar-refractivity contribution >= 4 is 33.4 Å². The second kappa shape index (κ2) is 9.23. The van der Waals surface area contributed by atoms with Crippen molar-refractivity contribution in [3.63, 3.8) is 0 Å². The maximum atomic E-state index is 13.1. The Balaban J connectivity index is 1.40. The van der Waals surface area contributed by atoms with Gasteiger partial charge in [-0.1, -0.05) is 54.6 Å². The van der Waals surface area contributed by atoms with E-state index < -0.39 is 6.04 Å². The Morgan fingerprint density at radius 2 is 1.47 bits per heavy atom. The summed E-state index contributed by atoms with van der Waals surface area (Å²) in [5, 5.41) is 9.80. The van der Waals surface area contributed by atoms with Crippen molar-refractivity contribution in [2.24, 2.45) is 0 Å². The molecule has 36 heavy (non-hydrogen) atoms. The molecular weight excluding hydrogens is 446 g/mol. The van der Waals surface area contributed by atoms with Crippen LogP contribution >= 0.6 is 0 Å². The van der Waals surface area contributed by atoms with Gasteiger partial charge in [0.15, 0.2) is 0 Å². The van der Waals surface area contributed by atoms with E-state index >= 15 is 0 Å². The van der Waals surface area contributed by atoms with Gasteiger partial charge in [-0.05, 0) is 54.3 Å². The normalized spacial score (nSPS) is 12.4. The Morgan fingerprint density at radius 1 is 0.861 bits per heavy atom. The van der Waals surface area contributed by atoms with Gasteiger partial charge in [0, 0.05) is 58.2 Å². The molecule has 3 heterocycles. The number of hydrogen-bond acceptors (Lipinski definition) is 2. The lowest BCUT2D eigenvalue weighted by molar-refractivity contribution is -0.119. The SMILES string of the molecule is CC(C(=O)Nc1ccccc1CC(c1c[nH]c2ccccc12)c1c[nH]c2ccccc12)n1cccn1. The fraction of sp³-hybridized carbons (Fsp3) is 0.133. The third-order valence-electron chi connectivity index (χ3n) is 6.99. The first-order valence-electron chi connectivity index (χ1n) is 12.2. The van der Waals surface area contributed by atoms with Crippen molar-refractivity contribution in [2.45, 2.75) is 25.3 Å². The summed E-state index contributed by atoms with van der Waals surface area (Å²) < 4.78 is 1.67. The fourth-order valence-corrected chi connectivity index (χ4v) is 5.06. The van der Waals surface area contributed by atoms with E-state index in [9.17, 15) is 4.79 Å². The van der Waals surface area contributed by atoms with Crippen molar-refractivity contribution in [1.82, 2.24) is 19.7 Å². The van der Waals surface area contributed by atoms with Crippen LogP contribution in [0, 0.1) is 0 Å². The number of aromatic nitrogens is 4. The molecule has 0 radical (unpaired) electrons. The molecule has 0 aliphatic heterocycles. The maximum absolute atomic E-state index is 13.1. The molecule has 1 unspecified atom stereocenters. The molecule has 0 aliphatic rings. The number of amides is 1. The second-order valence-electron chi connectivity index (χ2n) is 9.14. The third kappa shape index (κ3) is 3.96. The Morgan fingerprint density at radius 3 is 2.11 bits per heavy atom. The molecule has 1 atom stereocenters. The molecule has 6 aromatic rings. The van der Waals surface area contributed by atoms with Crippen LogP contribution in [0.4, 0.5) is 5.69 Å². The predicted octanol–water partition coefficient (Wildman–Crippen LogP) is 6.42. The highest BCUT2D eigenvalue weighted by Crippen LogP contribution is 2.38. The molecule has 0 saturated carbocycles. The summed E-state index contributed by atoms with van der Waals surface area (Å²) in [6.45, 7) is 1.85. The van der Waals surface area contributed by atoms with E-state index in [0.717, 1.165) is 28.7 Å². The first-order chi connectivity index (χ1) is 17.7. The zero-order valence-electron chi connectivity index (χ0n) is 20.0. The number of benzene rings is 3. The summed E-state index contributed by atoms with van der Waals surface area (Å²) in [7, 11) is 0. The number of nitrogens with zero attached hydrogens (tertiary/aromatic N) is 2. The van der Waals surface area contributed by atoms with Gasteiger partial charge in [-0.3, -0.25) is 9.48 Å². The van der Waals surface area contributed by atoms with Gasteiger partial charge in [0.1, 0.15) is 6.04 Å². The van der Waals surface area contributed by atoms with Gasteiger partial charge in [-0.25, -0.2) is 0 Å². The van der Waals surface area contributed by atoms with Crippen LogP contribution in [0.5, 0.6) is 0 Å². The monoisotopic (exact) mass is 473 g/mol. The molecule has 0 saturated heterocycles. The highest BCUT2D eigenvalue weighted by Gasteiger charge is 2.24. The maximum Gasteiger partial charge on any atom is 0.248 e. The number of carbonyl (C=O) groups is 1. The van der Waals surface area contributed by atoms with Crippen LogP contribution in [-0.4, -0.2) is 25.7 Å². The number of fused-ring (bicyclic) bond motifs is 2. The summed E-state index contributed by atoms with van der Waals surface area (Å²) in [6.07, 6.45) is 8.47. The molecule has 3 N–H and O–H groups in total. The minimum Gasteiger partial charge on any atom is -0.361 e. The molecule has 0 bridgehead atoms. The molecule has 6 heteroatoms. The highest BCUT2D eigenvalue weighted by atomic mass is 16.2. The van der Waals surface area contributed by atoms with Crippen molar-refractivity contribution in [2.75, 3.05) is 5.32 Å². The smallest absolute Gasteiger partial charge is 0.248 e. The van der Waals surface area contributed by atoms with Crippen LogP contribution in [0.15, 0.2) is 104 Å². The summed E-state index contributed by atoms with van der Waals surface area (Å²) in [5.74, 6) is -0.0132. The van der Waals surface area contributed by atoms with E-state index in [1.807, 2.05) is 31.2 Å². The predicted molar refractivity (Wildman–Crippen MR) is 144 cm³/mol. The number of nitrogens with one attached hydrogen (secondary N) is 3. The van der Waals surface area contributed by atoms with Crippen molar-refractivity contribution < 1.29 is 4.79 Å².